The molecule has 0 atom stereocenters. The highest BCUT2D eigenvalue weighted by Crippen LogP contribution is 2.19. The molecule has 1 saturated heterocycles. The molecule has 1 heterocycles. The standard InChI is InChI=1S/C11H24N.H2O/c1-3-8-12(9-4-2)10-6-5-7-11-12;/h3-11H2,1-2H3;1H2/q+1;/p-1. The van der Waals surface area contributed by atoms with Gasteiger partial charge in [0.25, 0.3) is 0 Å². The maximum absolute atomic E-state index is 2.32. The SMILES string of the molecule is CCC[N+]1(CCC)CCCCC1.[OH-]. The molecule has 0 aromatic carbocycles. The van der Waals surface area contributed by atoms with Gasteiger partial charge in [0.2, 0.25) is 0 Å². The summed E-state index contributed by atoms with van der Waals surface area (Å²) in [5, 5.41) is 0. The fourth-order valence-electron chi connectivity index (χ4n) is 2.69. The molecule has 0 saturated carbocycles. The van der Waals surface area contributed by atoms with E-state index in [9.17, 15) is 0 Å². The monoisotopic (exact) mass is 187 g/mol. The Morgan fingerprint density at radius 3 is 1.69 bits per heavy atom. The summed E-state index contributed by atoms with van der Waals surface area (Å²) < 4.78 is 1.44. The molecule has 1 rings (SSSR count). The average Bonchev–Trinajstić information content (AvgIpc) is 2.07. The van der Waals surface area contributed by atoms with Crippen LogP contribution in [0.25, 0.3) is 0 Å². The number of hydrogen-bond donors (Lipinski definition) is 0. The van der Waals surface area contributed by atoms with E-state index in [1.807, 2.05) is 0 Å². The largest absolute Gasteiger partial charge is 0.870 e. The average molecular weight is 187 g/mol. The molecule has 80 valence electrons. The van der Waals surface area contributed by atoms with Crippen molar-refractivity contribution >= 4 is 0 Å². The van der Waals surface area contributed by atoms with Crippen LogP contribution in [0, 0.1) is 0 Å². The van der Waals surface area contributed by atoms with E-state index in [2.05, 4.69) is 13.8 Å². The number of piperidine rings is 1. The van der Waals surface area contributed by atoms with Crippen molar-refractivity contribution in [3.63, 3.8) is 0 Å². The molecule has 0 bridgehead atoms. The first-order valence-corrected chi connectivity index (χ1v) is 5.68. The number of hydrogen-bond acceptors (Lipinski definition) is 1. The van der Waals surface area contributed by atoms with Gasteiger partial charge in [0.15, 0.2) is 0 Å². The predicted molar refractivity (Wildman–Crippen MR) is 56.1 cm³/mol. The van der Waals surface area contributed by atoms with E-state index in [-0.39, 0.29) is 5.48 Å². The highest BCUT2D eigenvalue weighted by atomic mass is 16.0. The minimum absolute atomic E-state index is 0. The predicted octanol–water partition coefficient (Wildman–Crippen LogP) is 2.63. The lowest BCUT2D eigenvalue weighted by atomic mass is 10.1. The van der Waals surface area contributed by atoms with Crippen LogP contribution in [-0.4, -0.2) is 36.1 Å². The molecule has 2 nitrogen and oxygen atoms in total. The van der Waals surface area contributed by atoms with Gasteiger partial charge in [-0.15, -0.1) is 0 Å². The van der Waals surface area contributed by atoms with Crippen molar-refractivity contribution < 1.29 is 9.96 Å². The topological polar surface area (TPSA) is 30.0 Å². The van der Waals surface area contributed by atoms with Crippen LogP contribution in [0.5, 0.6) is 0 Å². The van der Waals surface area contributed by atoms with E-state index >= 15 is 0 Å². The number of likely N-dealkylation sites (tertiary alicyclic amines) is 1. The van der Waals surface area contributed by atoms with Crippen LogP contribution in [0.4, 0.5) is 0 Å². The summed E-state index contributed by atoms with van der Waals surface area (Å²) in [6.45, 7) is 10.4. The van der Waals surface area contributed by atoms with Gasteiger partial charge in [0, 0.05) is 0 Å². The fourth-order valence-corrected chi connectivity index (χ4v) is 2.69. The van der Waals surface area contributed by atoms with E-state index in [0.29, 0.717) is 0 Å². The van der Waals surface area contributed by atoms with Crippen LogP contribution in [0.3, 0.4) is 0 Å². The Labute approximate surface area is 82.8 Å². The van der Waals surface area contributed by atoms with Crippen molar-refractivity contribution in [2.24, 2.45) is 0 Å². The van der Waals surface area contributed by atoms with Crippen LogP contribution < -0.4 is 0 Å². The van der Waals surface area contributed by atoms with Crippen molar-refractivity contribution in [1.29, 1.82) is 0 Å². The quantitative estimate of drug-likeness (QED) is 0.622. The third-order valence-electron chi connectivity index (χ3n) is 3.16. The maximum atomic E-state index is 2.32. The molecule has 0 spiro atoms. The summed E-state index contributed by atoms with van der Waals surface area (Å²) in [6.07, 6.45) is 7.15. The van der Waals surface area contributed by atoms with E-state index in [0.717, 1.165) is 0 Å². The van der Waals surface area contributed by atoms with E-state index in [1.165, 1.54) is 62.8 Å². The zero-order valence-corrected chi connectivity index (χ0v) is 9.26. The minimum Gasteiger partial charge on any atom is -0.870 e. The van der Waals surface area contributed by atoms with Crippen molar-refractivity contribution in [2.75, 3.05) is 26.2 Å². The minimum atomic E-state index is 0. The van der Waals surface area contributed by atoms with E-state index < -0.39 is 0 Å². The Morgan fingerprint density at radius 2 is 1.31 bits per heavy atom. The third-order valence-corrected chi connectivity index (χ3v) is 3.16. The van der Waals surface area contributed by atoms with Crippen LogP contribution >= 0.6 is 0 Å². The Hall–Kier alpha value is -0.0800. The first-order chi connectivity index (χ1) is 5.83. The molecule has 0 aromatic heterocycles. The third kappa shape index (κ3) is 3.65. The first kappa shape index (κ1) is 12.9. The number of quaternary nitrogens is 1. The molecule has 13 heavy (non-hydrogen) atoms. The summed E-state index contributed by atoms with van der Waals surface area (Å²) in [7, 11) is 0. The van der Waals surface area contributed by atoms with Crippen LogP contribution in [-0.2, 0) is 0 Å². The number of nitrogens with zero attached hydrogens (tertiary/aromatic N) is 1. The molecule has 0 amide bonds. The van der Waals surface area contributed by atoms with Gasteiger partial charge in [-0.1, -0.05) is 13.8 Å². The van der Waals surface area contributed by atoms with Gasteiger partial charge in [-0.05, 0) is 32.1 Å². The molecule has 1 fully saturated rings. The molecular weight excluding hydrogens is 162 g/mol. The maximum Gasteiger partial charge on any atom is 0.0786 e. The van der Waals surface area contributed by atoms with Crippen molar-refractivity contribution in [3.05, 3.63) is 0 Å². The van der Waals surface area contributed by atoms with Gasteiger partial charge >= 0.3 is 0 Å². The van der Waals surface area contributed by atoms with Gasteiger partial charge in [-0.25, -0.2) is 0 Å². The molecule has 0 unspecified atom stereocenters. The summed E-state index contributed by atoms with van der Waals surface area (Å²) in [6, 6.07) is 0. The summed E-state index contributed by atoms with van der Waals surface area (Å²) in [5.41, 5.74) is 0. The van der Waals surface area contributed by atoms with Crippen LogP contribution in [0.2, 0.25) is 0 Å². The second-order valence-electron chi connectivity index (χ2n) is 4.30. The van der Waals surface area contributed by atoms with Crippen molar-refractivity contribution in [1.82, 2.24) is 0 Å². The first-order valence-electron chi connectivity index (χ1n) is 5.68. The Bertz CT molecular complexity index is 104. The molecular formula is C11H25NO. The molecule has 0 aromatic rings. The molecule has 0 radical (unpaired) electrons. The van der Waals surface area contributed by atoms with Crippen molar-refractivity contribution in [3.8, 4) is 0 Å². The van der Waals surface area contributed by atoms with Gasteiger partial charge in [0.05, 0.1) is 26.2 Å². The van der Waals surface area contributed by atoms with Crippen molar-refractivity contribution in [2.45, 2.75) is 46.0 Å². The molecule has 1 N–H and O–H groups in total. The van der Waals surface area contributed by atoms with Gasteiger partial charge < -0.3 is 9.96 Å². The van der Waals surface area contributed by atoms with E-state index in [4.69, 9.17) is 0 Å². The summed E-state index contributed by atoms with van der Waals surface area (Å²) in [5.74, 6) is 0. The Kier molecular flexibility index (Phi) is 6.35. The fraction of sp³-hybridized carbons (Fsp3) is 1.00. The second kappa shape index (κ2) is 6.39. The lowest BCUT2D eigenvalue weighted by Gasteiger charge is -2.41. The Morgan fingerprint density at radius 1 is 0.846 bits per heavy atom. The Balaban J connectivity index is 0.00000144. The highest BCUT2D eigenvalue weighted by Gasteiger charge is 2.27. The highest BCUT2D eigenvalue weighted by molar-refractivity contribution is 4.53. The van der Waals surface area contributed by atoms with Crippen LogP contribution in [0.1, 0.15) is 46.0 Å². The number of rotatable bonds is 4. The smallest absolute Gasteiger partial charge is 0.0786 e. The summed E-state index contributed by atoms with van der Waals surface area (Å²) in [4.78, 5) is 0. The molecule has 0 aliphatic carbocycles. The van der Waals surface area contributed by atoms with Gasteiger partial charge in [0.1, 0.15) is 0 Å². The summed E-state index contributed by atoms with van der Waals surface area (Å²) >= 11 is 0. The lowest BCUT2D eigenvalue weighted by Crippen LogP contribution is -2.52. The van der Waals surface area contributed by atoms with Gasteiger partial charge in [-0.3, -0.25) is 0 Å². The lowest BCUT2D eigenvalue weighted by molar-refractivity contribution is -0.932. The molecule has 1 aliphatic heterocycles. The zero-order chi connectivity index (χ0) is 8.86. The molecule has 1 aliphatic rings. The van der Waals surface area contributed by atoms with Gasteiger partial charge in [-0.2, -0.15) is 0 Å². The zero-order valence-electron chi connectivity index (χ0n) is 9.26. The normalized spacial score (nSPS) is 20.8. The molecule has 2 heteroatoms. The van der Waals surface area contributed by atoms with Crippen LogP contribution in [0.15, 0.2) is 0 Å². The second-order valence-corrected chi connectivity index (χ2v) is 4.30. The van der Waals surface area contributed by atoms with E-state index in [1.54, 1.807) is 0 Å².